The Morgan fingerprint density at radius 1 is 1.30 bits per heavy atom. The van der Waals surface area contributed by atoms with Crippen LogP contribution in [-0.2, 0) is 9.47 Å². The van der Waals surface area contributed by atoms with E-state index in [9.17, 15) is 0 Å². The molecule has 27 heavy (non-hydrogen) atoms. The molecule has 0 spiro atoms. The summed E-state index contributed by atoms with van der Waals surface area (Å²) in [6, 6.07) is 5.24. The van der Waals surface area contributed by atoms with Crippen molar-refractivity contribution in [2.45, 2.75) is 46.3 Å². The predicted octanol–water partition coefficient (Wildman–Crippen LogP) is 4.14. The van der Waals surface area contributed by atoms with Crippen molar-refractivity contribution in [3.8, 4) is 5.75 Å². The highest BCUT2D eigenvalue weighted by molar-refractivity contribution is 6.32. The highest BCUT2D eigenvalue weighted by atomic mass is 35.5. The quantitative estimate of drug-likeness (QED) is 0.411. The third-order valence-corrected chi connectivity index (χ3v) is 4.44. The normalized spacial score (nSPS) is 19.2. The Hall–Kier alpha value is -1.76. The minimum atomic E-state index is -0.170. The van der Waals surface area contributed by atoms with E-state index in [1.54, 1.807) is 24.3 Å². The van der Waals surface area contributed by atoms with Crippen LogP contribution in [0.15, 0.2) is 35.0 Å². The van der Waals surface area contributed by atoms with Gasteiger partial charge >= 0.3 is 0 Å². The summed E-state index contributed by atoms with van der Waals surface area (Å²) in [5, 5.41) is 0.506. The summed E-state index contributed by atoms with van der Waals surface area (Å²) < 4.78 is 16.9. The molecule has 1 atom stereocenters. The molecule has 1 aliphatic rings. The van der Waals surface area contributed by atoms with Crippen molar-refractivity contribution in [3.63, 3.8) is 0 Å². The number of nitrogens with two attached hydrogens (primary N) is 2. The smallest absolute Gasteiger partial charge is 0.157 e. The van der Waals surface area contributed by atoms with Crippen molar-refractivity contribution >= 4 is 23.1 Å². The van der Waals surface area contributed by atoms with Gasteiger partial charge in [-0.1, -0.05) is 32.4 Å². The third-order valence-electron chi connectivity index (χ3n) is 4.12. The first-order chi connectivity index (χ1) is 12.8. The van der Waals surface area contributed by atoms with Gasteiger partial charge in [0, 0.05) is 23.8 Å². The monoisotopic (exact) mass is 395 g/mol. The molecule has 2 rings (SSSR count). The maximum Gasteiger partial charge on any atom is 0.157 e. The molecule has 1 aromatic carbocycles. The number of allylic oxidation sites excluding steroid dienone is 1. The lowest BCUT2D eigenvalue weighted by Gasteiger charge is -2.22. The zero-order valence-corrected chi connectivity index (χ0v) is 17.1. The first-order valence-electron chi connectivity index (χ1n) is 9.23. The van der Waals surface area contributed by atoms with E-state index in [0.717, 1.165) is 25.9 Å². The second-order valence-electron chi connectivity index (χ2n) is 7.52. The fraction of sp³-hybridized carbons (Fsp3) is 0.550. The van der Waals surface area contributed by atoms with Crippen LogP contribution in [0.2, 0.25) is 5.02 Å². The second kappa shape index (κ2) is 9.97. The van der Waals surface area contributed by atoms with Crippen LogP contribution in [0.5, 0.6) is 5.75 Å². The van der Waals surface area contributed by atoms with Crippen LogP contribution in [0.3, 0.4) is 0 Å². The van der Waals surface area contributed by atoms with Gasteiger partial charge in [0.2, 0.25) is 0 Å². The number of rotatable bonds is 7. The average Bonchev–Trinajstić information content (AvgIpc) is 2.61. The molecule has 0 amide bonds. The molecule has 4 N–H and O–H groups in total. The van der Waals surface area contributed by atoms with Crippen LogP contribution < -0.4 is 16.2 Å². The molecule has 1 aromatic rings. The van der Waals surface area contributed by atoms with Crippen LogP contribution in [-0.4, -0.2) is 31.9 Å². The minimum Gasteiger partial charge on any atom is -0.490 e. The van der Waals surface area contributed by atoms with E-state index >= 15 is 0 Å². The summed E-state index contributed by atoms with van der Waals surface area (Å²) in [6.45, 7) is 7.61. The largest absolute Gasteiger partial charge is 0.490 e. The Morgan fingerprint density at radius 2 is 2.07 bits per heavy atom. The summed E-state index contributed by atoms with van der Waals surface area (Å²) in [7, 11) is 0. The topological polar surface area (TPSA) is 92.1 Å². The molecule has 1 unspecified atom stereocenters. The fourth-order valence-corrected chi connectivity index (χ4v) is 2.58. The molecule has 1 heterocycles. The molecule has 0 bridgehead atoms. The van der Waals surface area contributed by atoms with Gasteiger partial charge < -0.3 is 25.7 Å². The first-order valence-corrected chi connectivity index (χ1v) is 9.61. The Labute approximate surface area is 166 Å². The summed E-state index contributed by atoms with van der Waals surface area (Å²) in [6.07, 6.45) is 4.70. The Bertz CT molecular complexity index is 678. The summed E-state index contributed by atoms with van der Waals surface area (Å²) in [4.78, 5) is 4.36. The number of hydrogen-bond donors (Lipinski definition) is 2. The van der Waals surface area contributed by atoms with Gasteiger partial charge in [-0.2, -0.15) is 0 Å². The van der Waals surface area contributed by atoms with Crippen LogP contribution >= 0.6 is 11.6 Å². The zero-order valence-electron chi connectivity index (χ0n) is 16.3. The molecule has 0 radical (unpaired) electrons. The summed E-state index contributed by atoms with van der Waals surface area (Å²) in [5.74, 6) is 0.861. The van der Waals surface area contributed by atoms with Gasteiger partial charge in [0.25, 0.3) is 0 Å². The lowest BCUT2D eigenvalue weighted by Crippen LogP contribution is -2.24. The number of benzene rings is 1. The van der Waals surface area contributed by atoms with E-state index in [4.69, 9.17) is 37.3 Å². The van der Waals surface area contributed by atoms with Crippen molar-refractivity contribution in [1.29, 1.82) is 0 Å². The fourth-order valence-electron chi connectivity index (χ4n) is 2.40. The number of hydrogen-bond acceptors (Lipinski definition) is 5. The van der Waals surface area contributed by atoms with E-state index in [2.05, 4.69) is 4.99 Å². The Kier molecular flexibility index (Phi) is 7.95. The van der Waals surface area contributed by atoms with Gasteiger partial charge in [0.1, 0.15) is 18.2 Å². The van der Waals surface area contributed by atoms with Crippen LogP contribution in [0.1, 0.15) is 40.0 Å². The van der Waals surface area contributed by atoms with Crippen LogP contribution in [0.4, 0.5) is 5.69 Å². The lowest BCUT2D eigenvalue weighted by molar-refractivity contribution is -0.165. The van der Waals surface area contributed by atoms with Gasteiger partial charge in [-0.3, -0.25) is 0 Å². The van der Waals surface area contributed by atoms with E-state index in [1.165, 1.54) is 0 Å². The van der Waals surface area contributed by atoms with E-state index in [0.29, 0.717) is 41.2 Å². The van der Waals surface area contributed by atoms with Crippen molar-refractivity contribution in [3.05, 3.63) is 35.0 Å². The summed E-state index contributed by atoms with van der Waals surface area (Å²) >= 11 is 6.20. The SMILES string of the molecule is CC(C)(C)C(N)=CC(N)=Nc1ccc(Cl)c(OCCOC2CCCCO2)c1. The van der Waals surface area contributed by atoms with Crippen LogP contribution in [0.25, 0.3) is 0 Å². The molecule has 150 valence electrons. The molecular weight excluding hydrogens is 366 g/mol. The standard InChI is InChI=1S/C20H30ClN3O3/c1-20(2,3)17(22)13-18(23)24-14-7-8-15(21)16(12-14)25-10-11-27-19-6-4-5-9-26-19/h7-8,12-13,19H,4-6,9-11,22H2,1-3H3,(H2,23,24). The second-order valence-corrected chi connectivity index (χ2v) is 7.92. The highest BCUT2D eigenvalue weighted by Gasteiger charge is 2.15. The molecule has 0 aromatic heterocycles. The van der Waals surface area contributed by atoms with Crippen LogP contribution in [0, 0.1) is 5.41 Å². The van der Waals surface area contributed by atoms with E-state index < -0.39 is 0 Å². The van der Waals surface area contributed by atoms with Gasteiger partial charge in [-0.15, -0.1) is 0 Å². The predicted molar refractivity (Wildman–Crippen MR) is 109 cm³/mol. The van der Waals surface area contributed by atoms with Crippen molar-refractivity contribution in [2.24, 2.45) is 21.9 Å². The van der Waals surface area contributed by atoms with Crippen molar-refractivity contribution in [1.82, 2.24) is 0 Å². The molecular formula is C20H30ClN3O3. The molecule has 7 heteroatoms. The lowest BCUT2D eigenvalue weighted by atomic mass is 9.92. The number of aliphatic imine (C=N–C) groups is 1. The number of amidine groups is 1. The maximum absolute atomic E-state index is 6.20. The number of halogens is 1. The zero-order chi connectivity index (χ0) is 19.9. The van der Waals surface area contributed by atoms with Gasteiger partial charge in [0.05, 0.1) is 17.3 Å². The van der Waals surface area contributed by atoms with Gasteiger partial charge in [-0.25, -0.2) is 4.99 Å². The average molecular weight is 396 g/mol. The number of ether oxygens (including phenoxy) is 3. The van der Waals surface area contributed by atoms with Gasteiger partial charge in [0.15, 0.2) is 6.29 Å². The molecule has 1 aliphatic heterocycles. The summed E-state index contributed by atoms with van der Waals surface area (Å²) in [5.41, 5.74) is 13.1. The van der Waals surface area contributed by atoms with Gasteiger partial charge in [-0.05, 0) is 37.5 Å². The van der Waals surface area contributed by atoms with Crippen molar-refractivity contribution in [2.75, 3.05) is 19.8 Å². The Balaban J connectivity index is 1.93. The van der Waals surface area contributed by atoms with E-state index in [-0.39, 0.29) is 11.7 Å². The highest BCUT2D eigenvalue weighted by Crippen LogP contribution is 2.29. The molecule has 1 fully saturated rings. The van der Waals surface area contributed by atoms with Crippen molar-refractivity contribution < 1.29 is 14.2 Å². The molecule has 0 saturated carbocycles. The third kappa shape index (κ3) is 7.40. The minimum absolute atomic E-state index is 0.131. The molecule has 0 aliphatic carbocycles. The van der Waals surface area contributed by atoms with E-state index in [1.807, 2.05) is 20.8 Å². The first kappa shape index (κ1) is 21.5. The number of nitrogens with zero attached hydrogens (tertiary/aromatic N) is 1. The Morgan fingerprint density at radius 3 is 2.74 bits per heavy atom. The maximum atomic E-state index is 6.20. The molecule has 1 saturated heterocycles. The molecule has 6 nitrogen and oxygen atoms in total.